The lowest BCUT2D eigenvalue weighted by Crippen LogP contribution is -2.36. The molecule has 0 saturated carbocycles. The molecule has 6 nitrogen and oxygen atoms in total. The monoisotopic (exact) mass is 264 g/mol. The SMILES string of the molecule is COc1ccc(C(=O)OC2CCCCNC2=O)cn1. The van der Waals surface area contributed by atoms with E-state index in [1.54, 1.807) is 12.1 Å². The van der Waals surface area contributed by atoms with Gasteiger partial charge in [-0.1, -0.05) is 0 Å². The summed E-state index contributed by atoms with van der Waals surface area (Å²) >= 11 is 0. The van der Waals surface area contributed by atoms with Crippen molar-refractivity contribution in [2.75, 3.05) is 13.7 Å². The molecule has 0 aliphatic carbocycles. The molecule has 1 saturated heterocycles. The quantitative estimate of drug-likeness (QED) is 0.821. The lowest BCUT2D eigenvalue weighted by molar-refractivity contribution is -0.129. The summed E-state index contributed by atoms with van der Waals surface area (Å²) in [5, 5.41) is 2.72. The van der Waals surface area contributed by atoms with Gasteiger partial charge in [0.05, 0.1) is 12.7 Å². The van der Waals surface area contributed by atoms with Gasteiger partial charge in [0, 0.05) is 18.8 Å². The molecule has 1 N–H and O–H groups in total. The van der Waals surface area contributed by atoms with E-state index in [-0.39, 0.29) is 5.91 Å². The lowest BCUT2D eigenvalue weighted by atomic mass is 10.2. The number of methoxy groups -OCH3 is 1. The van der Waals surface area contributed by atoms with Crippen LogP contribution >= 0.6 is 0 Å². The Balaban J connectivity index is 2.00. The van der Waals surface area contributed by atoms with E-state index in [2.05, 4.69) is 10.3 Å². The Labute approximate surface area is 111 Å². The average Bonchev–Trinajstić information content (AvgIpc) is 2.64. The van der Waals surface area contributed by atoms with Crippen molar-refractivity contribution in [2.24, 2.45) is 0 Å². The van der Waals surface area contributed by atoms with Crippen LogP contribution in [-0.4, -0.2) is 36.6 Å². The lowest BCUT2D eigenvalue weighted by Gasteiger charge is -2.14. The number of nitrogens with one attached hydrogen (secondary N) is 1. The molecule has 6 heteroatoms. The first-order chi connectivity index (χ1) is 9.20. The van der Waals surface area contributed by atoms with Crippen LogP contribution in [-0.2, 0) is 9.53 Å². The van der Waals surface area contributed by atoms with Crippen molar-refractivity contribution in [1.29, 1.82) is 0 Å². The third-order valence-corrected chi connectivity index (χ3v) is 2.92. The second kappa shape index (κ2) is 6.17. The summed E-state index contributed by atoms with van der Waals surface area (Å²) < 4.78 is 10.1. The zero-order valence-corrected chi connectivity index (χ0v) is 10.7. The molecular formula is C13H16N2O4. The summed E-state index contributed by atoms with van der Waals surface area (Å²) in [6, 6.07) is 3.13. The number of esters is 1. The molecule has 1 aromatic heterocycles. The molecule has 1 aliphatic rings. The number of nitrogens with zero attached hydrogens (tertiary/aromatic N) is 1. The van der Waals surface area contributed by atoms with Crippen LogP contribution in [0.5, 0.6) is 5.88 Å². The van der Waals surface area contributed by atoms with Gasteiger partial charge in [0.25, 0.3) is 5.91 Å². The Hall–Kier alpha value is -2.11. The predicted molar refractivity (Wildman–Crippen MR) is 66.9 cm³/mol. The molecule has 1 aliphatic heterocycles. The first-order valence-corrected chi connectivity index (χ1v) is 6.19. The first-order valence-electron chi connectivity index (χ1n) is 6.19. The van der Waals surface area contributed by atoms with E-state index in [9.17, 15) is 9.59 Å². The summed E-state index contributed by atoms with van der Waals surface area (Å²) in [7, 11) is 1.50. The van der Waals surface area contributed by atoms with E-state index in [1.165, 1.54) is 13.3 Å². The molecule has 19 heavy (non-hydrogen) atoms. The van der Waals surface area contributed by atoms with Gasteiger partial charge in [0.15, 0.2) is 6.10 Å². The summed E-state index contributed by atoms with van der Waals surface area (Å²) in [4.78, 5) is 27.5. The normalized spacial score (nSPS) is 19.2. The Bertz CT molecular complexity index is 458. The van der Waals surface area contributed by atoms with Crippen LogP contribution in [0.25, 0.3) is 0 Å². The number of hydrogen-bond acceptors (Lipinski definition) is 5. The molecule has 0 aromatic carbocycles. The molecule has 2 rings (SSSR count). The molecule has 1 unspecified atom stereocenters. The highest BCUT2D eigenvalue weighted by molar-refractivity contribution is 5.92. The van der Waals surface area contributed by atoms with Crippen molar-refractivity contribution in [2.45, 2.75) is 25.4 Å². The number of ether oxygens (including phenoxy) is 2. The van der Waals surface area contributed by atoms with Gasteiger partial charge < -0.3 is 14.8 Å². The largest absolute Gasteiger partial charge is 0.481 e. The maximum atomic E-state index is 11.9. The van der Waals surface area contributed by atoms with Gasteiger partial charge in [-0.05, 0) is 25.3 Å². The second-order valence-electron chi connectivity index (χ2n) is 4.27. The second-order valence-corrected chi connectivity index (χ2v) is 4.27. The third kappa shape index (κ3) is 3.43. The van der Waals surface area contributed by atoms with Crippen LogP contribution in [0.3, 0.4) is 0 Å². The molecule has 102 valence electrons. The zero-order valence-electron chi connectivity index (χ0n) is 10.7. The summed E-state index contributed by atoms with van der Waals surface area (Å²) in [6.07, 6.45) is 2.98. The van der Waals surface area contributed by atoms with E-state index >= 15 is 0 Å². The standard InChI is InChI=1S/C13H16N2O4/c1-18-11-6-5-9(8-15-11)13(17)19-10-4-2-3-7-14-12(10)16/h5-6,8,10H,2-4,7H2,1H3,(H,14,16). The van der Waals surface area contributed by atoms with E-state index in [0.29, 0.717) is 24.4 Å². The van der Waals surface area contributed by atoms with Crippen LogP contribution in [0.1, 0.15) is 29.6 Å². The molecule has 1 amide bonds. The Morgan fingerprint density at radius 2 is 2.26 bits per heavy atom. The fourth-order valence-electron chi connectivity index (χ4n) is 1.84. The van der Waals surface area contributed by atoms with Crippen molar-refractivity contribution in [3.05, 3.63) is 23.9 Å². The first kappa shape index (κ1) is 13.3. The van der Waals surface area contributed by atoms with Gasteiger partial charge in [-0.3, -0.25) is 4.79 Å². The number of pyridine rings is 1. The minimum atomic E-state index is -0.711. The predicted octanol–water partition coefficient (Wildman–Crippen LogP) is 0.916. The van der Waals surface area contributed by atoms with E-state index in [4.69, 9.17) is 9.47 Å². The number of carbonyl (C=O) groups is 2. The van der Waals surface area contributed by atoms with Crippen LogP contribution in [0.2, 0.25) is 0 Å². The Kier molecular flexibility index (Phi) is 4.33. The number of rotatable bonds is 3. The summed E-state index contributed by atoms with van der Waals surface area (Å²) in [5.74, 6) is -0.353. The van der Waals surface area contributed by atoms with Gasteiger partial charge in [0.1, 0.15) is 0 Å². The molecule has 0 radical (unpaired) electrons. The Morgan fingerprint density at radius 1 is 1.42 bits per heavy atom. The molecule has 0 spiro atoms. The minimum Gasteiger partial charge on any atom is -0.481 e. The van der Waals surface area contributed by atoms with Crippen molar-refractivity contribution in [3.63, 3.8) is 0 Å². The number of hydrogen-bond donors (Lipinski definition) is 1. The number of carbonyl (C=O) groups excluding carboxylic acids is 2. The highest BCUT2D eigenvalue weighted by Gasteiger charge is 2.25. The van der Waals surface area contributed by atoms with E-state index in [1.807, 2.05) is 0 Å². The molecule has 2 heterocycles. The fourth-order valence-corrected chi connectivity index (χ4v) is 1.84. The van der Waals surface area contributed by atoms with Crippen LogP contribution < -0.4 is 10.1 Å². The topological polar surface area (TPSA) is 77.5 Å². The van der Waals surface area contributed by atoms with Crippen molar-refractivity contribution < 1.29 is 19.1 Å². The third-order valence-electron chi connectivity index (χ3n) is 2.92. The van der Waals surface area contributed by atoms with Crippen molar-refractivity contribution >= 4 is 11.9 Å². The number of aromatic nitrogens is 1. The number of amides is 1. The van der Waals surface area contributed by atoms with Crippen LogP contribution in [0.4, 0.5) is 0 Å². The van der Waals surface area contributed by atoms with E-state index in [0.717, 1.165) is 12.8 Å². The Morgan fingerprint density at radius 3 is 2.95 bits per heavy atom. The van der Waals surface area contributed by atoms with Gasteiger partial charge in [-0.15, -0.1) is 0 Å². The maximum absolute atomic E-state index is 11.9. The van der Waals surface area contributed by atoms with Crippen molar-refractivity contribution in [1.82, 2.24) is 10.3 Å². The molecule has 1 fully saturated rings. The molecule has 0 bridgehead atoms. The zero-order chi connectivity index (χ0) is 13.7. The van der Waals surface area contributed by atoms with Gasteiger partial charge in [0.2, 0.25) is 5.88 Å². The van der Waals surface area contributed by atoms with Crippen LogP contribution in [0, 0.1) is 0 Å². The smallest absolute Gasteiger partial charge is 0.340 e. The summed E-state index contributed by atoms with van der Waals surface area (Å²) in [6.45, 7) is 0.636. The van der Waals surface area contributed by atoms with E-state index < -0.39 is 12.1 Å². The molecule has 1 aromatic rings. The maximum Gasteiger partial charge on any atom is 0.340 e. The summed E-state index contributed by atoms with van der Waals surface area (Å²) in [5.41, 5.74) is 0.304. The van der Waals surface area contributed by atoms with Crippen LogP contribution in [0.15, 0.2) is 18.3 Å². The van der Waals surface area contributed by atoms with Gasteiger partial charge in [-0.25, -0.2) is 9.78 Å². The highest BCUT2D eigenvalue weighted by atomic mass is 16.5. The highest BCUT2D eigenvalue weighted by Crippen LogP contribution is 2.13. The minimum absolute atomic E-state index is 0.229. The van der Waals surface area contributed by atoms with Gasteiger partial charge in [-0.2, -0.15) is 0 Å². The molecule has 1 atom stereocenters. The van der Waals surface area contributed by atoms with Crippen molar-refractivity contribution in [3.8, 4) is 5.88 Å². The fraction of sp³-hybridized carbons (Fsp3) is 0.462. The van der Waals surface area contributed by atoms with Gasteiger partial charge >= 0.3 is 5.97 Å². The average molecular weight is 264 g/mol. The molecular weight excluding hydrogens is 248 g/mol.